The lowest BCUT2D eigenvalue weighted by atomic mass is 10.1. The highest BCUT2D eigenvalue weighted by molar-refractivity contribution is 9.10. The van der Waals surface area contributed by atoms with Gasteiger partial charge in [0.25, 0.3) is 0 Å². The van der Waals surface area contributed by atoms with Crippen LogP contribution < -0.4 is 10.2 Å². The lowest BCUT2D eigenvalue weighted by Crippen LogP contribution is -2.32. The summed E-state index contributed by atoms with van der Waals surface area (Å²) in [6, 6.07) is 6.92. The first-order valence-corrected chi connectivity index (χ1v) is 7.76. The van der Waals surface area contributed by atoms with Gasteiger partial charge in [0.1, 0.15) is 0 Å². The zero-order valence-corrected chi connectivity index (χ0v) is 13.7. The minimum absolute atomic E-state index is 0.239. The lowest BCUT2D eigenvalue weighted by Gasteiger charge is -2.29. The van der Waals surface area contributed by atoms with Gasteiger partial charge in [0.15, 0.2) is 0 Å². The van der Waals surface area contributed by atoms with Gasteiger partial charge in [0, 0.05) is 35.9 Å². The minimum atomic E-state index is 0.239. The fraction of sp³-hybridized carbons (Fsp3) is 0.600. The summed E-state index contributed by atoms with van der Waals surface area (Å²) in [5.41, 5.74) is 2.48. The molecule has 2 N–H and O–H groups in total. The van der Waals surface area contributed by atoms with Gasteiger partial charge in [-0.25, -0.2) is 0 Å². The Kier molecular flexibility index (Phi) is 7.42. The first kappa shape index (κ1) is 16.5. The number of hydrogen-bond acceptors (Lipinski definition) is 3. The molecular weight excluding hydrogens is 304 g/mol. The third-order valence-electron chi connectivity index (χ3n) is 3.11. The van der Waals surface area contributed by atoms with Crippen LogP contribution in [0.1, 0.15) is 32.8 Å². The first-order valence-electron chi connectivity index (χ1n) is 6.96. The third kappa shape index (κ3) is 5.13. The number of benzene rings is 1. The number of nitrogens with zero attached hydrogens (tertiary/aromatic N) is 1. The predicted molar refractivity (Wildman–Crippen MR) is 85.7 cm³/mol. The average Bonchev–Trinajstić information content (AvgIpc) is 2.38. The van der Waals surface area contributed by atoms with E-state index in [1.54, 1.807) is 0 Å². The van der Waals surface area contributed by atoms with E-state index in [0.717, 1.165) is 30.5 Å². The van der Waals surface area contributed by atoms with Crippen molar-refractivity contribution in [1.29, 1.82) is 0 Å². The van der Waals surface area contributed by atoms with Crippen molar-refractivity contribution in [3.05, 3.63) is 28.2 Å². The molecule has 0 aromatic heterocycles. The highest BCUT2D eigenvalue weighted by Gasteiger charge is 2.11. The van der Waals surface area contributed by atoms with Gasteiger partial charge >= 0.3 is 0 Å². The maximum atomic E-state index is 9.00. The molecule has 4 heteroatoms. The predicted octanol–water partition coefficient (Wildman–Crippen LogP) is 3.16. The number of halogens is 1. The summed E-state index contributed by atoms with van der Waals surface area (Å²) in [4.78, 5) is 2.32. The average molecular weight is 329 g/mol. The van der Waals surface area contributed by atoms with E-state index in [4.69, 9.17) is 5.11 Å². The molecule has 0 aliphatic rings. The molecule has 0 aliphatic carbocycles. The highest BCUT2D eigenvalue weighted by atomic mass is 79.9. The van der Waals surface area contributed by atoms with Crippen molar-refractivity contribution >= 4 is 21.6 Å². The second kappa shape index (κ2) is 8.56. The molecule has 0 aliphatic heterocycles. The Morgan fingerprint density at radius 3 is 2.63 bits per heavy atom. The largest absolute Gasteiger partial charge is 0.396 e. The van der Waals surface area contributed by atoms with Crippen molar-refractivity contribution in [2.45, 2.75) is 39.8 Å². The fourth-order valence-electron chi connectivity index (χ4n) is 2.04. The van der Waals surface area contributed by atoms with E-state index >= 15 is 0 Å². The van der Waals surface area contributed by atoms with Crippen molar-refractivity contribution in [2.75, 3.05) is 24.6 Å². The Morgan fingerprint density at radius 1 is 1.37 bits per heavy atom. The monoisotopic (exact) mass is 328 g/mol. The molecule has 108 valence electrons. The molecule has 19 heavy (non-hydrogen) atoms. The molecule has 0 heterocycles. The molecule has 0 saturated heterocycles. The van der Waals surface area contributed by atoms with Gasteiger partial charge in [0.2, 0.25) is 0 Å². The van der Waals surface area contributed by atoms with Crippen molar-refractivity contribution in [3.8, 4) is 0 Å². The first-order chi connectivity index (χ1) is 9.10. The smallest absolute Gasteiger partial charge is 0.0447 e. The van der Waals surface area contributed by atoms with E-state index in [2.05, 4.69) is 65.1 Å². The van der Waals surface area contributed by atoms with Gasteiger partial charge in [-0.15, -0.1) is 0 Å². The molecule has 0 radical (unpaired) electrons. The van der Waals surface area contributed by atoms with Crippen LogP contribution in [-0.2, 0) is 6.54 Å². The van der Waals surface area contributed by atoms with Gasteiger partial charge in [-0.3, -0.25) is 0 Å². The third-order valence-corrected chi connectivity index (χ3v) is 3.85. The van der Waals surface area contributed by atoms with E-state index in [1.165, 1.54) is 11.3 Å². The van der Waals surface area contributed by atoms with Gasteiger partial charge in [-0.1, -0.05) is 28.9 Å². The summed E-state index contributed by atoms with van der Waals surface area (Å²) in [7, 11) is 0. The summed E-state index contributed by atoms with van der Waals surface area (Å²) in [6.45, 7) is 9.45. The summed E-state index contributed by atoms with van der Waals surface area (Å²) < 4.78 is 1.14. The number of rotatable bonds is 8. The molecule has 0 fully saturated rings. The van der Waals surface area contributed by atoms with Crippen molar-refractivity contribution < 1.29 is 5.11 Å². The topological polar surface area (TPSA) is 35.5 Å². The molecule has 1 aromatic carbocycles. The number of nitrogens with one attached hydrogen (secondary N) is 1. The van der Waals surface area contributed by atoms with Crippen molar-refractivity contribution in [3.63, 3.8) is 0 Å². The van der Waals surface area contributed by atoms with Crippen LogP contribution in [0.25, 0.3) is 0 Å². The van der Waals surface area contributed by atoms with Gasteiger partial charge < -0.3 is 15.3 Å². The maximum absolute atomic E-state index is 9.00. The Balaban J connectivity index is 2.83. The van der Waals surface area contributed by atoms with Crippen molar-refractivity contribution in [2.24, 2.45) is 0 Å². The van der Waals surface area contributed by atoms with Crippen LogP contribution in [0.5, 0.6) is 0 Å². The van der Waals surface area contributed by atoms with E-state index in [0.29, 0.717) is 6.04 Å². The Morgan fingerprint density at radius 2 is 2.11 bits per heavy atom. The normalized spacial score (nSPS) is 11.1. The second-order valence-electron chi connectivity index (χ2n) is 4.92. The standard InChI is InChI=1S/C15H25BrN2O/c1-4-17-11-13-6-7-14(10-15(13)16)18(12(2)3)8-5-9-19/h6-7,10,12,17,19H,4-5,8-9,11H2,1-3H3. The fourth-order valence-corrected chi connectivity index (χ4v) is 2.55. The van der Waals surface area contributed by atoms with E-state index in [-0.39, 0.29) is 6.61 Å². The molecular formula is C15H25BrN2O. The minimum Gasteiger partial charge on any atom is -0.396 e. The number of hydrogen-bond donors (Lipinski definition) is 2. The van der Waals surface area contributed by atoms with Crippen LogP contribution in [0.2, 0.25) is 0 Å². The maximum Gasteiger partial charge on any atom is 0.0447 e. The quantitative estimate of drug-likeness (QED) is 0.769. The Bertz CT molecular complexity index is 382. The molecule has 0 spiro atoms. The summed E-state index contributed by atoms with van der Waals surface area (Å²) in [6.07, 6.45) is 0.801. The number of anilines is 1. The molecule has 0 unspecified atom stereocenters. The highest BCUT2D eigenvalue weighted by Crippen LogP contribution is 2.25. The summed E-state index contributed by atoms with van der Waals surface area (Å²) in [5, 5.41) is 12.3. The van der Waals surface area contributed by atoms with Gasteiger partial charge in [0.05, 0.1) is 0 Å². The van der Waals surface area contributed by atoms with Crippen LogP contribution in [0, 0.1) is 0 Å². The summed E-state index contributed by atoms with van der Waals surface area (Å²) in [5.74, 6) is 0. The lowest BCUT2D eigenvalue weighted by molar-refractivity contribution is 0.288. The van der Waals surface area contributed by atoms with E-state index in [1.807, 2.05) is 0 Å². The molecule has 3 nitrogen and oxygen atoms in total. The Labute approximate surface area is 125 Å². The molecule has 0 saturated carbocycles. The molecule has 0 bridgehead atoms. The second-order valence-corrected chi connectivity index (χ2v) is 5.77. The number of aliphatic hydroxyl groups excluding tert-OH is 1. The zero-order chi connectivity index (χ0) is 14.3. The Hall–Kier alpha value is -0.580. The van der Waals surface area contributed by atoms with Crippen LogP contribution in [0.15, 0.2) is 22.7 Å². The summed E-state index contributed by atoms with van der Waals surface area (Å²) >= 11 is 3.65. The number of aliphatic hydroxyl groups is 1. The van der Waals surface area contributed by atoms with Crippen LogP contribution in [-0.4, -0.2) is 30.8 Å². The zero-order valence-electron chi connectivity index (χ0n) is 12.1. The molecule has 1 aromatic rings. The van der Waals surface area contributed by atoms with Crippen molar-refractivity contribution in [1.82, 2.24) is 5.32 Å². The van der Waals surface area contributed by atoms with Crippen LogP contribution >= 0.6 is 15.9 Å². The van der Waals surface area contributed by atoms with Crippen LogP contribution in [0.3, 0.4) is 0 Å². The van der Waals surface area contributed by atoms with Gasteiger partial charge in [-0.05, 0) is 44.5 Å². The van der Waals surface area contributed by atoms with E-state index < -0.39 is 0 Å². The van der Waals surface area contributed by atoms with Gasteiger partial charge in [-0.2, -0.15) is 0 Å². The van der Waals surface area contributed by atoms with E-state index in [9.17, 15) is 0 Å². The SMILES string of the molecule is CCNCc1ccc(N(CCCO)C(C)C)cc1Br. The molecule has 0 atom stereocenters. The molecule has 1 rings (SSSR count). The molecule has 0 amide bonds. The van der Waals surface area contributed by atoms with Crippen LogP contribution in [0.4, 0.5) is 5.69 Å².